The molecule has 21 heavy (non-hydrogen) atoms. The van der Waals surface area contributed by atoms with Crippen LogP contribution in [0.4, 0.5) is 0 Å². The molecule has 0 amide bonds. The largest absolute Gasteiger partial charge is 0.497 e. The van der Waals surface area contributed by atoms with Gasteiger partial charge in [0, 0.05) is 19.3 Å². The maximum atomic E-state index is 7.57. The Labute approximate surface area is 124 Å². The Morgan fingerprint density at radius 2 is 1.95 bits per heavy atom. The van der Waals surface area contributed by atoms with Gasteiger partial charge in [0.1, 0.15) is 17.3 Å². The minimum absolute atomic E-state index is 0.00319. The van der Waals surface area contributed by atoms with Crippen LogP contribution in [0.25, 0.3) is 0 Å². The van der Waals surface area contributed by atoms with E-state index in [1.54, 1.807) is 13.3 Å². The van der Waals surface area contributed by atoms with Crippen LogP contribution < -0.4 is 10.5 Å². The fraction of sp³-hybridized carbons (Fsp3) is 0.250. The normalized spacial score (nSPS) is 10.6. The van der Waals surface area contributed by atoms with E-state index in [1.165, 1.54) is 5.56 Å². The Morgan fingerprint density at radius 1 is 1.24 bits per heavy atom. The molecule has 0 radical (unpaired) electrons. The Bertz CT molecular complexity index is 610. The van der Waals surface area contributed by atoms with E-state index in [4.69, 9.17) is 15.9 Å². The van der Waals surface area contributed by atoms with Gasteiger partial charge in [-0.05, 0) is 36.4 Å². The summed E-state index contributed by atoms with van der Waals surface area (Å²) in [6.07, 6.45) is 1.66. The lowest BCUT2D eigenvalue weighted by Gasteiger charge is -2.18. The quantitative estimate of drug-likeness (QED) is 0.628. The molecule has 3 N–H and O–H groups in total. The average Bonchev–Trinajstić information content (AvgIpc) is 2.48. The Morgan fingerprint density at radius 3 is 2.57 bits per heavy atom. The van der Waals surface area contributed by atoms with E-state index >= 15 is 0 Å². The summed E-state index contributed by atoms with van der Waals surface area (Å²) in [4.78, 5) is 6.33. The molecule has 1 heterocycles. The molecule has 0 saturated heterocycles. The number of pyridine rings is 1. The maximum absolute atomic E-state index is 7.57. The van der Waals surface area contributed by atoms with Crippen LogP contribution in [0.5, 0.6) is 5.75 Å². The van der Waals surface area contributed by atoms with Gasteiger partial charge in [-0.15, -0.1) is 0 Å². The number of amidine groups is 1. The number of benzene rings is 1. The van der Waals surface area contributed by atoms with Crippen molar-refractivity contribution in [1.82, 2.24) is 9.88 Å². The van der Waals surface area contributed by atoms with Gasteiger partial charge in [0.05, 0.1) is 7.11 Å². The summed E-state index contributed by atoms with van der Waals surface area (Å²) in [6.45, 7) is 1.49. The minimum atomic E-state index is 0.00319. The first kappa shape index (κ1) is 15.0. The van der Waals surface area contributed by atoms with Crippen molar-refractivity contribution >= 4 is 5.84 Å². The van der Waals surface area contributed by atoms with E-state index in [2.05, 4.69) is 9.88 Å². The summed E-state index contributed by atoms with van der Waals surface area (Å²) in [6, 6.07) is 11.8. The van der Waals surface area contributed by atoms with Crippen molar-refractivity contribution in [3.05, 3.63) is 59.4 Å². The standard InChI is InChI=1S/C16H20N4O/c1-20(10-12-5-7-14(21-2)8-6-12)11-13-4-3-9-19-15(13)16(17)18/h3-9H,10-11H2,1-2H3,(H3,17,18). The second-order valence-electron chi connectivity index (χ2n) is 4.95. The van der Waals surface area contributed by atoms with Crippen molar-refractivity contribution in [1.29, 1.82) is 5.41 Å². The lowest BCUT2D eigenvalue weighted by molar-refractivity contribution is 0.318. The number of nitrogens with two attached hydrogens (primary N) is 1. The van der Waals surface area contributed by atoms with Crippen LogP contribution >= 0.6 is 0 Å². The van der Waals surface area contributed by atoms with Crippen LogP contribution in [-0.2, 0) is 13.1 Å². The number of hydrogen-bond donors (Lipinski definition) is 2. The van der Waals surface area contributed by atoms with Crippen molar-refractivity contribution in [2.75, 3.05) is 14.2 Å². The number of methoxy groups -OCH3 is 1. The zero-order valence-electron chi connectivity index (χ0n) is 12.3. The zero-order chi connectivity index (χ0) is 15.2. The second-order valence-corrected chi connectivity index (χ2v) is 4.95. The highest BCUT2D eigenvalue weighted by atomic mass is 16.5. The van der Waals surface area contributed by atoms with Crippen LogP contribution in [-0.4, -0.2) is 29.9 Å². The maximum Gasteiger partial charge on any atom is 0.142 e. The summed E-state index contributed by atoms with van der Waals surface area (Å²) < 4.78 is 5.15. The predicted molar refractivity (Wildman–Crippen MR) is 83.4 cm³/mol. The van der Waals surface area contributed by atoms with Crippen molar-refractivity contribution in [3.8, 4) is 5.75 Å². The molecule has 1 aromatic heterocycles. The predicted octanol–water partition coefficient (Wildman–Crippen LogP) is 2.01. The van der Waals surface area contributed by atoms with E-state index < -0.39 is 0 Å². The summed E-state index contributed by atoms with van der Waals surface area (Å²) in [5, 5.41) is 7.57. The third kappa shape index (κ3) is 4.03. The van der Waals surface area contributed by atoms with E-state index in [9.17, 15) is 0 Å². The first-order valence-corrected chi connectivity index (χ1v) is 6.70. The van der Waals surface area contributed by atoms with Gasteiger partial charge in [0.2, 0.25) is 0 Å². The lowest BCUT2D eigenvalue weighted by atomic mass is 10.1. The molecule has 2 aromatic rings. The van der Waals surface area contributed by atoms with Crippen molar-refractivity contribution in [2.24, 2.45) is 5.73 Å². The first-order valence-electron chi connectivity index (χ1n) is 6.70. The Balaban J connectivity index is 2.04. The first-order chi connectivity index (χ1) is 10.1. The highest BCUT2D eigenvalue weighted by molar-refractivity contribution is 5.94. The van der Waals surface area contributed by atoms with E-state index in [1.807, 2.05) is 43.4 Å². The summed E-state index contributed by atoms with van der Waals surface area (Å²) in [5.41, 5.74) is 8.28. The summed E-state index contributed by atoms with van der Waals surface area (Å²) >= 11 is 0. The van der Waals surface area contributed by atoms with Gasteiger partial charge in [-0.3, -0.25) is 15.3 Å². The molecule has 0 aliphatic rings. The molecule has 0 atom stereocenters. The molecule has 0 aliphatic carbocycles. The molecule has 0 saturated carbocycles. The lowest BCUT2D eigenvalue weighted by Crippen LogP contribution is -2.22. The van der Waals surface area contributed by atoms with E-state index in [0.29, 0.717) is 12.2 Å². The van der Waals surface area contributed by atoms with Gasteiger partial charge in [-0.2, -0.15) is 0 Å². The Hall–Kier alpha value is -2.40. The minimum Gasteiger partial charge on any atom is -0.497 e. The fourth-order valence-corrected chi connectivity index (χ4v) is 2.20. The molecular formula is C16H20N4O. The van der Waals surface area contributed by atoms with Gasteiger partial charge in [0.15, 0.2) is 0 Å². The molecule has 0 aliphatic heterocycles. The number of hydrogen-bond acceptors (Lipinski definition) is 4. The average molecular weight is 284 g/mol. The van der Waals surface area contributed by atoms with Crippen LogP contribution in [0.2, 0.25) is 0 Å². The molecule has 1 aromatic carbocycles. The topological polar surface area (TPSA) is 75.2 Å². The molecule has 0 unspecified atom stereocenters. The highest BCUT2D eigenvalue weighted by Crippen LogP contribution is 2.14. The number of nitrogens with zero attached hydrogens (tertiary/aromatic N) is 2. The van der Waals surface area contributed by atoms with Gasteiger partial charge < -0.3 is 10.5 Å². The zero-order valence-corrected chi connectivity index (χ0v) is 12.3. The van der Waals surface area contributed by atoms with Gasteiger partial charge in [-0.25, -0.2) is 0 Å². The fourth-order valence-electron chi connectivity index (χ4n) is 2.20. The van der Waals surface area contributed by atoms with Crippen molar-refractivity contribution in [2.45, 2.75) is 13.1 Å². The molecule has 0 bridgehead atoms. The third-order valence-corrected chi connectivity index (χ3v) is 3.20. The SMILES string of the molecule is COc1ccc(CN(C)Cc2cccnc2C(=N)N)cc1. The molecule has 0 fully saturated rings. The smallest absolute Gasteiger partial charge is 0.142 e. The number of nitrogen functional groups attached to an aromatic ring is 1. The van der Waals surface area contributed by atoms with Gasteiger partial charge in [-0.1, -0.05) is 18.2 Å². The molecule has 0 spiro atoms. The summed E-state index contributed by atoms with van der Waals surface area (Å²) in [7, 11) is 3.69. The third-order valence-electron chi connectivity index (χ3n) is 3.20. The van der Waals surface area contributed by atoms with E-state index in [-0.39, 0.29) is 5.84 Å². The van der Waals surface area contributed by atoms with Crippen LogP contribution in [0.15, 0.2) is 42.6 Å². The van der Waals surface area contributed by atoms with Crippen LogP contribution in [0.3, 0.4) is 0 Å². The molecule has 2 rings (SSSR count). The number of ether oxygens (including phenoxy) is 1. The van der Waals surface area contributed by atoms with Gasteiger partial charge >= 0.3 is 0 Å². The molecule has 5 nitrogen and oxygen atoms in total. The van der Waals surface area contributed by atoms with Crippen LogP contribution in [0.1, 0.15) is 16.8 Å². The number of aromatic nitrogens is 1. The molecular weight excluding hydrogens is 264 g/mol. The highest BCUT2D eigenvalue weighted by Gasteiger charge is 2.09. The molecule has 110 valence electrons. The number of nitrogens with one attached hydrogen (secondary N) is 1. The van der Waals surface area contributed by atoms with Gasteiger partial charge in [0.25, 0.3) is 0 Å². The monoisotopic (exact) mass is 284 g/mol. The Kier molecular flexibility index (Phi) is 4.90. The number of rotatable bonds is 6. The summed E-state index contributed by atoms with van der Waals surface area (Å²) in [5.74, 6) is 0.857. The van der Waals surface area contributed by atoms with Crippen molar-refractivity contribution in [3.63, 3.8) is 0 Å². The van der Waals surface area contributed by atoms with Crippen LogP contribution in [0, 0.1) is 5.41 Å². The van der Waals surface area contributed by atoms with E-state index in [0.717, 1.165) is 17.9 Å². The van der Waals surface area contributed by atoms with Crippen molar-refractivity contribution < 1.29 is 4.74 Å². The second kappa shape index (κ2) is 6.85. The molecule has 5 heteroatoms.